The number of carbonyl (C=O) groups excluding carboxylic acids is 1. The molecule has 1 unspecified atom stereocenters. The Labute approximate surface area is 53.6 Å². The zero-order valence-corrected chi connectivity index (χ0v) is 5.18. The third kappa shape index (κ3) is 0.677. The molecule has 3 N–H and O–H groups in total. The van der Waals surface area contributed by atoms with Crippen molar-refractivity contribution in [2.45, 2.75) is 25.3 Å². The first kappa shape index (κ1) is 5.09. The number of urea groups is 1. The molecule has 2 rings (SSSR count). The van der Waals surface area contributed by atoms with E-state index in [9.17, 15) is 4.79 Å². The summed E-state index contributed by atoms with van der Waals surface area (Å²) in [5.74, 6) is 0. The van der Waals surface area contributed by atoms with Gasteiger partial charge in [0.1, 0.15) is 0 Å². The van der Waals surface area contributed by atoms with Crippen molar-refractivity contribution in [3.63, 3.8) is 0 Å². The van der Waals surface area contributed by atoms with Gasteiger partial charge in [0.25, 0.3) is 0 Å². The van der Waals surface area contributed by atoms with Gasteiger partial charge < -0.3 is 11.1 Å². The molecule has 0 bridgehead atoms. The Morgan fingerprint density at radius 2 is 2.33 bits per heavy atom. The molecule has 3 heteroatoms. The van der Waals surface area contributed by atoms with Crippen molar-refractivity contribution in [1.82, 2.24) is 5.32 Å². The zero-order valence-electron chi connectivity index (χ0n) is 5.18. The standard InChI is InChI=1S/C6H10N2O/c7-5(9)8-4-3-6(4)1-2-6/h4H,1-3H2,(H3,7,8,9). The van der Waals surface area contributed by atoms with Crippen molar-refractivity contribution in [2.24, 2.45) is 11.1 Å². The van der Waals surface area contributed by atoms with Crippen LogP contribution < -0.4 is 11.1 Å². The van der Waals surface area contributed by atoms with E-state index in [1.165, 1.54) is 12.8 Å². The van der Waals surface area contributed by atoms with Gasteiger partial charge in [-0.25, -0.2) is 4.79 Å². The molecule has 0 aromatic heterocycles. The monoisotopic (exact) mass is 126 g/mol. The van der Waals surface area contributed by atoms with Crippen LogP contribution >= 0.6 is 0 Å². The van der Waals surface area contributed by atoms with Gasteiger partial charge in [-0.1, -0.05) is 0 Å². The summed E-state index contributed by atoms with van der Waals surface area (Å²) in [5.41, 5.74) is 5.47. The number of hydrogen-bond donors (Lipinski definition) is 2. The summed E-state index contributed by atoms with van der Waals surface area (Å²) in [5, 5.41) is 2.71. The Balaban J connectivity index is 1.84. The maximum atomic E-state index is 10.3. The van der Waals surface area contributed by atoms with Crippen LogP contribution in [0, 0.1) is 5.41 Å². The van der Waals surface area contributed by atoms with Crippen LogP contribution in [0.15, 0.2) is 0 Å². The van der Waals surface area contributed by atoms with Gasteiger partial charge in [0.2, 0.25) is 0 Å². The molecule has 9 heavy (non-hydrogen) atoms. The molecule has 0 aliphatic heterocycles. The molecule has 0 aromatic carbocycles. The minimum atomic E-state index is -0.372. The van der Waals surface area contributed by atoms with Gasteiger partial charge in [0, 0.05) is 6.04 Å². The summed E-state index contributed by atoms with van der Waals surface area (Å²) in [6.45, 7) is 0. The highest BCUT2D eigenvalue weighted by Gasteiger charge is 2.63. The smallest absolute Gasteiger partial charge is 0.312 e. The maximum Gasteiger partial charge on any atom is 0.312 e. The zero-order chi connectivity index (χ0) is 6.48. The van der Waals surface area contributed by atoms with Crippen LogP contribution in [0.2, 0.25) is 0 Å². The maximum absolute atomic E-state index is 10.3. The Morgan fingerprint density at radius 3 is 2.67 bits per heavy atom. The molecule has 2 saturated carbocycles. The van der Waals surface area contributed by atoms with Crippen molar-refractivity contribution in [3.05, 3.63) is 0 Å². The second kappa shape index (κ2) is 1.23. The molecule has 2 aliphatic carbocycles. The average Bonchev–Trinajstić information content (AvgIpc) is 2.54. The van der Waals surface area contributed by atoms with E-state index in [2.05, 4.69) is 5.32 Å². The van der Waals surface area contributed by atoms with Gasteiger partial charge in [0.15, 0.2) is 0 Å². The molecule has 2 amide bonds. The van der Waals surface area contributed by atoms with Crippen LogP contribution in [0.4, 0.5) is 4.79 Å². The highest BCUT2D eigenvalue weighted by Crippen LogP contribution is 2.65. The fourth-order valence-electron chi connectivity index (χ4n) is 1.44. The second-order valence-electron chi connectivity index (χ2n) is 3.13. The van der Waals surface area contributed by atoms with Gasteiger partial charge in [-0.2, -0.15) is 0 Å². The normalized spacial score (nSPS) is 34.0. The van der Waals surface area contributed by atoms with E-state index in [1.54, 1.807) is 0 Å². The van der Waals surface area contributed by atoms with Crippen molar-refractivity contribution < 1.29 is 4.79 Å². The van der Waals surface area contributed by atoms with E-state index in [0.29, 0.717) is 11.5 Å². The highest BCUT2D eigenvalue weighted by molar-refractivity contribution is 5.72. The number of rotatable bonds is 1. The molecule has 1 atom stereocenters. The Bertz CT molecular complexity index is 162. The van der Waals surface area contributed by atoms with Gasteiger partial charge in [-0.15, -0.1) is 0 Å². The fourth-order valence-corrected chi connectivity index (χ4v) is 1.44. The fraction of sp³-hybridized carbons (Fsp3) is 0.833. The van der Waals surface area contributed by atoms with E-state index in [4.69, 9.17) is 5.73 Å². The quantitative estimate of drug-likeness (QED) is 0.518. The summed E-state index contributed by atoms with van der Waals surface area (Å²) in [6, 6.07) is 0.0544. The average molecular weight is 126 g/mol. The van der Waals surface area contributed by atoms with Gasteiger partial charge in [-0.3, -0.25) is 0 Å². The lowest BCUT2D eigenvalue weighted by Gasteiger charge is -1.95. The molecule has 2 fully saturated rings. The summed E-state index contributed by atoms with van der Waals surface area (Å²) in [6.07, 6.45) is 3.74. The molecule has 3 nitrogen and oxygen atoms in total. The number of nitrogens with two attached hydrogens (primary N) is 1. The molecular formula is C6H10N2O. The largest absolute Gasteiger partial charge is 0.352 e. The number of carbonyl (C=O) groups is 1. The number of nitrogens with one attached hydrogen (secondary N) is 1. The molecule has 2 aliphatic rings. The number of hydrogen-bond acceptors (Lipinski definition) is 1. The first-order valence-corrected chi connectivity index (χ1v) is 3.29. The minimum Gasteiger partial charge on any atom is -0.352 e. The van der Waals surface area contributed by atoms with E-state index in [0.717, 1.165) is 6.42 Å². The third-order valence-electron chi connectivity index (χ3n) is 2.40. The highest BCUT2D eigenvalue weighted by atomic mass is 16.2. The second-order valence-corrected chi connectivity index (χ2v) is 3.13. The van der Waals surface area contributed by atoms with E-state index in [-0.39, 0.29) is 6.03 Å². The molecule has 0 radical (unpaired) electrons. The van der Waals surface area contributed by atoms with Gasteiger partial charge in [-0.05, 0) is 24.7 Å². The van der Waals surface area contributed by atoms with Crippen LogP contribution in [-0.2, 0) is 0 Å². The predicted octanol–water partition coefficient (Wildman–Crippen LogP) is 0.207. The van der Waals surface area contributed by atoms with Crippen molar-refractivity contribution in [2.75, 3.05) is 0 Å². The Kier molecular flexibility index (Phi) is 0.693. The van der Waals surface area contributed by atoms with E-state index in [1.807, 2.05) is 0 Å². The van der Waals surface area contributed by atoms with Gasteiger partial charge >= 0.3 is 6.03 Å². The van der Waals surface area contributed by atoms with Crippen molar-refractivity contribution >= 4 is 6.03 Å². The third-order valence-corrected chi connectivity index (χ3v) is 2.40. The van der Waals surface area contributed by atoms with Crippen molar-refractivity contribution in [3.8, 4) is 0 Å². The number of primary amides is 1. The van der Waals surface area contributed by atoms with E-state index < -0.39 is 0 Å². The molecule has 50 valence electrons. The van der Waals surface area contributed by atoms with E-state index >= 15 is 0 Å². The van der Waals surface area contributed by atoms with Crippen LogP contribution in [0.3, 0.4) is 0 Å². The molecule has 0 heterocycles. The number of amides is 2. The van der Waals surface area contributed by atoms with Crippen LogP contribution in [-0.4, -0.2) is 12.1 Å². The summed E-state index contributed by atoms with van der Waals surface area (Å²) in [7, 11) is 0. The summed E-state index contributed by atoms with van der Waals surface area (Å²) >= 11 is 0. The molecule has 1 spiro atoms. The molecular weight excluding hydrogens is 116 g/mol. The minimum absolute atomic E-state index is 0.372. The lowest BCUT2D eigenvalue weighted by atomic mass is 10.4. The van der Waals surface area contributed by atoms with Crippen molar-refractivity contribution in [1.29, 1.82) is 0 Å². The van der Waals surface area contributed by atoms with Crippen LogP contribution in [0.5, 0.6) is 0 Å². The topological polar surface area (TPSA) is 55.1 Å². The van der Waals surface area contributed by atoms with Gasteiger partial charge in [0.05, 0.1) is 0 Å². The lowest BCUT2D eigenvalue weighted by Crippen LogP contribution is -2.32. The summed E-state index contributed by atoms with van der Waals surface area (Å²) in [4.78, 5) is 10.3. The Hall–Kier alpha value is -0.730. The first-order chi connectivity index (χ1) is 4.23. The summed E-state index contributed by atoms with van der Waals surface area (Å²) < 4.78 is 0. The van der Waals surface area contributed by atoms with Crippen LogP contribution in [0.1, 0.15) is 19.3 Å². The first-order valence-electron chi connectivity index (χ1n) is 3.29. The molecule has 0 aromatic rings. The Morgan fingerprint density at radius 1 is 1.67 bits per heavy atom. The SMILES string of the molecule is NC(=O)NC1CC12CC2. The molecule has 0 saturated heterocycles. The van der Waals surface area contributed by atoms with Crippen LogP contribution in [0.25, 0.3) is 0 Å². The lowest BCUT2D eigenvalue weighted by molar-refractivity contribution is 0.248. The predicted molar refractivity (Wildman–Crippen MR) is 32.8 cm³/mol.